The van der Waals surface area contributed by atoms with Crippen molar-refractivity contribution in [3.8, 4) is 0 Å². The molecule has 0 saturated carbocycles. The number of rotatable bonds is 9. The minimum absolute atomic E-state index is 0.214. The van der Waals surface area contributed by atoms with Gasteiger partial charge in [0.05, 0.1) is 0 Å². The number of anilines is 1. The van der Waals surface area contributed by atoms with E-state index in [1.165, 1.54) is 0 Å². The molecule has 25 heavy (non-hydrogen) atoms. The lowest BCUT2D eigenvalue weighted by Crippen LogP contribution is -2.30. The van der Waals surface area contributed by atoms with Crippen LogP contribution in [-0.4, -0.2) is 49.7 Å². The zero-order chi connectivity index (χ0) is 17.9. The summed E-state index contributed by atoms with van der Waals surface area (Å²) in [6.07, 6.45) is 4.33. The summed E-state index contributed by atoms with van der Waals surface area (Å²) in [4.78, 5) is 25.8. The number of nitrogens with zero attached hydrogens (tertiary/aromatic N) is 1. The van der Waals surface area contributed by atoms with Crippen LogP contribution in [0.5, 0.6) is 0 Å². The lowest BCUT2D eigenvalue weighted by atomic mass is 10.1. The van der Waals surface area contributed by atoms with Crippen molar-refractivity contribution in [2.24, 2.45) is 0 Å². The maximum absolute atomic E-state index is 12.0. The van der Waals surface area contributed by atoms with Crippen molar-refractivity contribution in [1.82, 2.24) is 10.2 Å². The number of nitrogens with one attached hydrogen (secondary N) is 2. The quantitative estimate of drug-likeness (QED) is 0.675. The van der Waals surface area contributed by atoms with E-state index < -0.39 is 0 Å². The van der Waals surface area contributed by atoms with E-state index in [0.717, 1.165) is 50.0 Å². The van der Waals surface area contributed by atoms with Gasteiger partial charge in [-0.3, -0.25) is 4.79 Å². The molecule has 1 saturated heterocycles. The summed E-state index contributed by atoms with van der Waals surface area (Å²) >= 11 is 0. The summed E-state index contributed by atoms with van der Waals surface area (Å²) in [7, 11) is 0. The lowest BCUT2D eigenvalue weighted by Gasteiger charge is -2.15. The molecule has 0 unspecified atom stereocenters. The highest BCUT2D eigenvalue weighted by molar-refractivity contribution is 5.89. The van der Waals surface area contributed by atoms with Crippen LogP contribution in [0.3, 0.4) is 0 Å². The summed E-state index contributed by atoms with van der Waals surface area (Å²) < 4.78 is 5.22. The van der Waals surface area contributed by atoms with Gasteiger partial charge in [0.25, 0.3) is 0 Å². The van der Waals surface area contributed by atoms with Gasteiger partial charge in [-0.25, -0.2) is 4.79 Å². The van der Waals surface area contributed by atoms with Gasteiger partial charge in [-0.05, 0) is 50.3 Å². The average molecular weight is 347 g/mol. The van der Waals surface area contributed by atoms with Gasteiger partial charge in [-0.1, -0.05) is 12.1 Å². The molecule has 0 atom stereocenters. The Morgan fingerprint density at radius 3 is 2.56 bits per heavy atom. The number of hydrogen-bond acceptors (Lipinski definition) is 3. The highest BCUT2D eigenvalue weighted by Gasteiger charge is 2.17. The standard InChI is InChI=1S/C19H29N3O3/c1-2-25-15-5-12-20-19(24)21-17-9-6-16(7-10-17)8-11-18(23)22-13-3-4-14-22/h6-7,9-10H,2-5,8,11-15H2,1H3,(H2,20,21,24). The second-order valence-corrected chi connectivity index (χ2v) is 6.22. The Hall–Kier alpha value is -2.08. The molecule has 138 valence electrons. The number of ether oxygens (including phenoxy) is 1. The Kier molecular flexibility index (Phi) is 8.25. The Morgan fingerprint density at radius 1 is 1.16 bits per heavy atom. The van der Waals surface area contributed by atoms with E-state index in [2.05, 4.69) is 10.6 Å². The Balaban J connectivity index is 1.66. The second-order valence-electron chi connectivity index (χ2n) is 6.22. The number of hydrogen-bond donors (Lipinski definition) is 2. The molecule has 0 radical (unpaired) electrons. The van der Waals surface area contributed by atoms with E-state index in [1.54, 1.807) is 0 Å². The van der Waals surface area contributed by atoms with Crippen LogP contribution in [0.15, 0.2) is 24.3 Å². The molecule has 1 fully saturated rings. The summed E-state index contributed by atoms with van der Waals surface area (Å²) in [5, 5.41) is 5.60. The van der Waals surface area contributed by atoms with Crippen LogP contribution in [0.25, 0.3) is 0 Å². The lowest BCUT2D eigenvalue weighted by molar-refractivity contribution is -0.130. The molecule has 3 amide bonds. The fraction of sp³-hybridized carbons (Fsp3) is 0.579. The first-order chi connectivity index (χ1) is 12.2. The van der Waals surface area contributed by atoms with Crippen LogP contribution in [-0.2, 0) is 16.0 Å². The van der Waals surface area contributed by atoms with Crippen molar-refractivity contribution < 1.29 is 14.3 Å². The second kappa shape index (κ2) is 10.7. The van der Waals surface area contributed by atoms with Gasteiger partial charge in [0.15, 0.2) is 0 Å². The molecule has 6 heteroatoms. The Labute approximate surface area is 149 Å². The predicted octanol–water partition coefficient (Wildman–Crippen LogP) is 2.79. The van der Waals surface area contributed by atoms with Crippen LogP contribution in [0.2, 0.25) is 0 Å². The van der Waals surface area contributed by atoms with E-state index in [-0.39, 0.29) is 11.9 Å². The maximum atomic E-state index is 12.0. The molecule has 1 aliphatic rings. The van der Waals surface area contributed by atoms with Crippen molar-refractivity contribution in [2.45, 2.75) is 39.0 Å². The van der Waals surface area contributed by atoms with Crippen LogP contribution in [0, 0.1) is 0 Å². The number of carbonyl (C=O) groups excluding carboxylic acids is 2. The number of likely N-dealkylation sites (tertiary alicyclic amines) is 1. The molecule has 6 nitrogen and oxygen atoms in total. The summed E-state index contributed by atoms with van der Waals surface area (Å²) in [5.74, 6) is 0.242. The molecule has 0 spiro atoms. The summed E-state index contributed by atoms with van der Waals surface area (Å²) in [6, 6.07) is 7.45. The van der Waals surface area contributed by atoms with Crippen molar-refractivity contribution in [3.63, 3.8) is 0 Å². The van der Waals surface area contributed by atoms with Crippen molar-refractivity contribution in [1.29, 1.82) is 0 Å². The normalized spacial score (nSPS) is 13.7. The number of aryl methyl sites for hydroxylation is 1. The van der Waals surface area contributed by atoms with Gasteiger partial charge < -0.3 is 20.3 Å². The molecule has 0 aromatic heterocycles. The molecule has 1 aliphatic heterocycles. The third-order valence-corrected chi connectivity index (χ3v) is 4.25. The zero-order valence-corrected chi connectivity index (χ0v) is 15.1. The maximum Gasteiger partial charge on any atom is 0.319 e. The molecule has 2 N–H and O–H groups in total. The minimum atomic E-state index is -0.214. The number of amides is 3. The van der Waals surface area contributed by atoms with Gasteiger partial charge in [0.2, 0.25) is 5.91 Å². The van der Waals surface area contributed by atoms with Crippen LogP contribution in [0.4, 0.5) is 10.5 Å². The third kappa shape index (κ3) is 7.13. The fourth-order valence-electron chi connectivity index (χ4n) is 2.83. The molecule has 1 aromatic carbocycles. The van der Waals surface area contributed by atoms with Crippen LogP contribution < -0.4 is 10.6 Å². The van der Waals surface area contributed by atoms with Crippen molar-refractivity contribution in [3.05, 3.63) is 29.8 Å². The Morgan fingerprint density at radius 2 is 1.88 bits per heavy atom. The van der Waals surface area contributed by atoms with E-state index >= 15 is 0 Å². The first-order valence-corrected chi connectivity index (χ1v) is 9.18. The molecule has 1 aromatic rings. The van der Waals surface area contributed by atoms with E-state index in [0.29, 0.717) is 26.2 Å². The first kappa shape index (κ1) is 19.2. The molecule has 0 bridgehead atoms. The summed E-state index contributed by atoms with van der Waals surface area (Å²) in [6.45, 7) is 5.70. The first-order valence-electron chi connectivity index (χ1n) is 9.18. The molecule has 2 rings (SSSR count). The minimum Gasteiger partial charge on any atom is -0.382 e. The zero-order valence-electron chi connectivity index (χ0n) is 15.1. The smallest absolute Gasteiger partial charge is 0.319 e. The van der Waals surface area contributed by atoms with Crippen molar-refractivity contribution in [2.75, 3.05) is 38.2 Å². The number of benzene rings is 1. The van der Waals surface area contributed by atoms with Gasteiger partial charge in [0, 0.05) is 45.0 Å². The van der Waals surface area contributed by atoms with E-state index in [1.807, 2.05) is 36.1 Å². The Bertz CT molecular complexity index is 539. The molecule has 0 aliphatic carbocycles. The molecular formula is C19H29N3O3. The van der Waals surface area contributed by atoms with Gasteiger partial charge in [-0.2, -0.15) is 0 Å². The largest absolute Gasteiger partial charge is 0.382 e. The third-order valence-electron chi connectivity index (χ3n) is 4.25. The van der Waals surface area contributed by atoms with Gasteiger partial charge in [0.1, 0.15) is 0 Å². The number of carbonyl (C=O) groups is 2. The SMILES string of the molecule is CCOCCCNC(=O)Nc1ccc(CCC(=O)N2CCCC2)cc1. The topological polar surface area (TPSA) is 70.7 Å². The summed E-state index contributed by atoms with van der Waals surface area (Å²) in [5.41, 5.74) is 1.85. The predicted molar refractivity (Wildman–Crippen MR) is 98.7 cm³/mol. The van der Waals surface area contributed by atoms with Crippen LogP contribution >= 0.6 is 0 Å². The highest BCUT2D eigenvalue weighted by Crippen LogP contribution is 2.13. The fourth-order valence-corrected chi connectivity index (χ4v) is 2.83. The average Bonchev–Trinajstić information content (AvgIpc) is 3.15. The van der Waals surface area contributed by atoms with Crippen molar-refractivity contribution >= 4 is 17.6 Å². The molecule has 1 heterocycles. The van der Waals surface area contributed by atoms with Gasteiger partial charge >= 0.3 is 6.03 Å². The van der Waals surface area contributed by atoms with Crippen LogP contribution in [0.1, 0.15) is 38.2 Å². The number of urea groups is 1. The van der Waals surface area contributed by atoms with E-state index in [4.69, 9.17) is 4.74 Å². The highest BCUT2D eigenvalue weighted by atomic mass is 16.5. The van der Waals surface area contributed by atoms with Gasteiger partial charge in [-0.15, -0.1) is 0 Å². The molecular weight excluding hydrogens is 318 g/mol. The van der Waals surface area contributed by atoms with E-state index in [9.17, 15) is 9.59 Å². The monoisotopic (exact) mass is 347 g/mol.